The highest BCUT2D eigenvalue weighted by atomic mass is 19.2. The summed E-state index contributed by atoms with van der Waals surface area (Å²) in [7, 11) is 0. The van der Waals surface area contributed by atoms with Gasteiger partial charge in [0, 0.05) is 0 Å². The minimum Gasteiger partial charge on any atom is -0.480 e. The number of nitrogens with two attached hydrogens (primary N) is 1. The van der Waals surface area contributed by atoms with Gasteiger partial charge in [-0.15, -0.1) is 0 Å². The number of aliphatic carboxylic acids is 1. The van der Waals surface area contributed by atoms with Crippen LogP contribution in [-0.4, -0.2) is 11.1 Å². The molecule has 5 heteroatoms. The highest BCUT2D eigenvalue weighted by Crippen LogP contribution is 2.26. The van der Waals surface area contributed by atoms with Crippen LogP contribution in [0.15, 0.2) is 18.2 Å². The molecular weight excluding hydrogens is 228 g/mol. The van der Waals surface area contributed by atoms with Gasteiger partial charge in [-0.1, -0.05) is 25.8 Å². The zero-order chi connectivity index (χ0) is 13.1. The lowest BCUT2D eigenvalue weighted by molar-refractivity contribution is -0.144. The van der Waals surface area contributed by atoms with Crippen LogP contribution in [0.4, 0.5) is 8.78 Å². The Balaban J connectivity index is 3.13. The third kappa shape index (κ3) is 2.79. The van der Waals surface area contributed by atoms with Crippen molar-refractivity contribution in [3.8, 4) is 0 Å². The highest BCUT2D eigenvalue weighted by molar-refractivity contribution is 5.80. The van der Waals surface area contributed by atoms with Crippen molar-refractivity contribution >= 4 is 5.97 Å². The molecular formula is C12H15F2NO2. The number of hydrogen-bond donors (Lipinski definition) is 2. The Morgan fingerprint density at radius 2 is 2.06 bits per heavy atom. The molecule has 3 nitrogen and oxygen atoms in total. The van der Waals surface area contributed by atoms with Gasteiger partial charge in [-0.05, 0) is 24.1 Å². The molecule has 17 heavy (non-hydrogen) atoms. The van der Waals surface area contributed by atoms with Crippen LogP contribution in [0.1, 0.15) is 31.7 Å². The second kappa shape index (κ2) is 5.23. The topological polar surface area (TPSA) is 63.3 Å². The molecule has 1 unspecified atom stereocenters. The number of benzene rings is 1. The summed E-state index contributed by atoms with van der Waals surface area (Å²) < 4.78 is 25.8. The third-order valence-corrected chi connectivity index (χ3v) is 2.74. The van der Waals surface area contributed by atoms with E-state index in [1.165, 1.54) is 6.07 Å². The fourth-order valence-electron chi connectivity index (χ4n) is 1.60. The summed E-state index contributed by atoms with van der Waals surface area (Å²) >= 11 is 0. The Labute approximate surface area is 98.2 Å². The second-order valence-electron chi connectivity index (χ2n) is 4.01. The molecule has 0 saturated carbocycles. The average Bonchev–Trinajstić information content (AvgIpc) is 2.29. The molecule has 0 aliphatic rings. The molecule has 0 bridgehead atoms. The van der Waals surface area contributed by atoms with Gasteiger partial charge in [0.1, 0.15) is 5.54 Å². The monoisotopic (exact) mass is 243 g/mol. The van der Waals surface area contributed by atoms with Crippen molar-refractivity contribution in [1.29, 1.82) is 0 Å². The van der Waals surface area contributed by atoms with Crippen molar-refractivity contribution in [2.45, 2.75) is 31.7 Å². The molecule has 0 aliphatic carbocycles. The molecule has 1 aromatic rings. The molecule has 0 amide bonds. The van der Waals surface area contributed by atoms with Gasteiger partial charge in [0.05, 0.1) is 0 Å². The van der Waals surface area contributed by atoms with E-state index in [0.717, 1.165) is 18.6 Å². The molecule has 0 radical (unpaired) electrons. The summed E-state index contributed by atoms with van der Waals surface area (Å²) in [6.07, 6.45) is 1.56. The number of carboxylic acid groups (broad SMARTS) is 1. The number of carboxylic acids is 1. The van der Waals surface area contributed by atoms with Gasteiger partial charge in [0.15, 0.2) is 11.6 Å². The van der Waals surface area contributed by atoms with Crippen LogP contribution in [-0.2, 0) is 10.3 Å². The predicted molar refractivity (Wildman–Crippen MR) is 59.4 cm³/mol. The lowest BCUT2D eigenvalue weighted by atomic mass is 9.86. The molecule has 0 heterocycles. The van der Waals surface area contributed by atoms with Gasteiger partial charge >= 0.3 is 5.97 Å². The molecule has 3 N–H and O–H groups in total. The van der Waals surface area contributed by atoms with E-state index in [0.29, 0.717) is 6.42 Å². The maximum Gasteiger partial charge on any atom is 0.328 e. The summed E-state index contributed by atoms with van der Waals surface area (Å²) in [6, 6.07) is 2.95. The second-order valence-corrected chi connectivity index (χ2v) is 4.01. The Morgan fingerprint density at radius 1 is 1.41 bits per heavy atom. The van der Waals surface area contributed by atoms with E-state index in [-0.39, 0.29) is 12.0 Å². The average molecular weight is 243 g/mol. The van der Waals surface area contributed by atoms with Crippen molar-refractivity contribution < 1.29 is 18.7 Å². The first kappa shape index (κ1) is 13.6. The van der Waals surface area contributed by atoms with E-state index < -0.39 is 23.1 Å². The van der Waals surface area contributed by atoms with E-state index in [1.807, 2.05) is 6.92 Å². The molecule has 0 saturated heterocycles. The van der Waals surface area contributed by atoms with Crippen molar-refractivity contribution in [3.05, 3.63) is 35.4 Å². The van der Waals surface area contributed by atoms with Crippen LogP contribution in [0.2, 0.25) is 0 Å². The van der Waals surface area contributed by atoms with Gasteiger partial charge < -0.3 is 10.8 Å². The molecule has 0 fully saturated rings. The lowest BCUT2D eigenvalue weighted by Crippen LogP contribution is -2.45. The summed E-state index contributed by atoms with van der Waals surface area (Å²) in [5.74, 6) is -3.34. The van der Waals surface area contributed by atoms with E-state index in [4.69, 9.17) is 10.8 Å². The molecule has 1 rings (SSSR count). The predicted octanol–water partition coefficient (Wildman–Crippen LogP) is 2.39. The van der Waals surface area contributed by atoms with Crippen LogP contribution >= 0.6 is 0 Å². The van der Waals surface area contributed by atoms with Crippen molar-refractivity contribution in [2.24, 2.45) is 5.73 Å². The Kier molecular flexibility index (Phi) is 4.17. The van der Waals surface area contributed by atoms with Crippen molar-refractivity contribution in [2.75, 3.05) is 0 Å². The Hall–Kier alpha value is -1.49. The standard InChI is InChI=1S/C12H15F2NO2/c1-2-3-6-12(15,11(16)17)8-4-5-9(13)10(14)7-8/h4-5,7H,2-3,6,15H2,1H3,(H,16,17). The molecule has 0 aliphatic heterocycles. The summed E-state index contributed by atoms with van der Waals surface area (Å²) in [5.41, 5.74) is 4.20. The van der Waals surface area contributed by atoms with E-state index in [2.05, 4.69) is 0 Å². The smallest absolute Gasteiger partial charge is 0.328 e. The summed E-state index contributed by atoms with van der Waals surface area (Å²) in [5, 5.41) is 9.13. The number of carbonyl (C=O) groups is 1. The van der Waals surface area contributed by atoms with E-state index >= 15 is 0 Å². The van der Waals surface area contributed by atoms with E-state index in [1.54, 1.807) is 0 Å². The van der Waals surface area contributed by atoms with E-state index in [9.17, 15) is 13.6 Å². The van der Waals surface area contributed by atoms with Crippen LogP contribution in [0.5, 0.6) is 0 Å². The van der Waals surface area contributed by atoms with Gasteiger partial charge in [0.2, 0.25) is 0 Å². The minimum atomic E-state index is -1.66. The summed E-state index contributed by atoms with van der Waals surface area (Å²) in [4.78, 5) is 11.2. The zero-order valence-electron chi connectivity index (χ0n) is 9.54. The largest absolute Gasteiger partial charge is 0.480 e. The highest BCUT2D eigenvalue weighted by Gasteiger charge is 2.35. The molecule has 0 spiro atoms. The fraction of sp³-hybridized carbons (Fsp3) is 0.417. The maximum atomic E-state index is 13.1. The maximum absolute atomic E-state index is 13.1. The number of rotatable bonds is 5. The number of unbranched alkanes of at least 4 members (excludes halogenated alkanes) is 1. The first-order chi connectivity index (χ1) is 7.91. The van der Waals surface area contributed by atoms with Crippen molar-refractivity contribution in [3.63, 3.8) is 0 Å². The first-order valence-corrected chi connectivity index (χ1v) is 5.39. The normalized spacial score (nSPS) is 14.4. The van der Waals surface area contributed by atoms with Crippen LogP contribution in [0, 0.1) is 11.6 Å². The molecule has 0 aromatic heterocycles. The minimum absolute atomic E-state index is 0.0809. The third-order valence-electron chi connectivity index (χ3n) is 2.74. The van der Waals surface area contributed by atoms with Gasteiger partial charge in [-0.2, -0.15) is 0 Å². The van der Waals surface area contributed by atoms with Crippen LogP contribution in [0.25, 0.3) is 0 Å². The van der Waals surface area contributed by atoms with Crippen molar-refractivity contribution in [1.82, 2.24) is 0 Å². The lowest BCUT2D eigenvalue weighted by Gasteiger charge is -2.25. The van der Waals surface area contributed by atoms with Crippen LogP contribution < -0.4 is 5.73 Å². The molecule has 94 valence electrons. The quantitative estimate of drug-likeness (QED) is 0.834. The molecule has 1 atom stereocenters. The number of halogens is 2. The SMILES string of the molecule is CCCCC(N)(C(=O)O)c1ccc(F)c(F)c1. The first-order valence-electron chi connectivity index (χ1n) is 5.39. The zero-order valence-corrected chi connectivity index (χ0v) is 9.54. The Bertz CT molecular complexity index is 423. The molecule has 1 aromatic carbocycles. The fourth-order valence-corrected chi connectivity index (χ4v) is 1.60. The summed E-state index contributed by atoms with van der Waals surface area (Å²) in [6.45, 7) is 1.90. The van der Waals surface area contributed by atoms with Gasteiger partial charge in [-0.3, -0.25) is 0 Å². The van der Waals surface area contributed by atoms with Gasteiger partial charge in [-0.25, -0.2) is 13.6 Å². The Morgan fingerprint density at radius 3 is 2.53 bits per heavy atom. The number of hydrogen-bond acceptors (Lipinski definition) is 2. The van der Waals surface area contributed by atoms with Crippen LogP contribution in [0.3, 0.4) is 0 Å². The van der Waals surface area contributed by atoms with Gasteiger partial charge in [0.25, 0.3) is 0 Å².